The van der Waals surface area contributed by atoms with Crippen LogP contribution in [-0.4, -0.2) is 16.7 Å². The van der Waals surface area contributed by atoms with Crippen LogP contribution in [0.2, 0.25) is 5.02 Å². The van der Waals surface area contributed by atoms with Crippen LogP contribution in [-0.2, 0) is 0 Å². The van der Waals surface area contributed by atoms with Gasteiger partial charge in [-0.1, -0.05) is 23.7 Å². The summed E-state index contributed by atoms with van der Waals surface area (Å²) >= 11 is 5.95. The number of carbonyl (C=O) groups excluding carboxylic acids is 1. The summed E-state index contributed by atoms with van der Waals surface area (Å²) in [6.07, 6.45) is 1.52. The number of para-hydroxylation sites is 1. The highest BCUT2D eigenvalue weighted by Crippen LogP contribution is 2.23. The van der Waals surface area contributed by atoms with Crippen molar-refractivity contribution in [2.45, 2.75) is 13.8 Å². The van der Waals surface area contributed by atoms with E-state index in [9.17, 15) is 9.18 Å². The molecule has 4 aromatic rings. The zero-order valence-electron chi connectivity index (χ0n) is 15.7. The van der Waals surface area contributed by atoms with Crippen LogP contribution in [0.1, 0.15) is 27.5 Å². The highest BCUT2D eigenvalue weighted by atomic mass is 35.5. The van der Waals surface area contributed by atoms with E-state index in [2.05, 4.69) is 10.5 Å². The lowest BCUT2D eigenvalue weighted by Gasteiger charge is -2.10. The van der Waals surface area contributed by atoms with Crippen LogP contribution in [0.25, 0.3) is 16.7 Å². The number of hydrogen-bond donors (Lipinski definition) is 1. The number of hydrogen-bond acceptors (Lipinski definition) is 3. The molecule has 146 valence electrons. The third kappa shape index (κ3) is 3.67. The predicted octanol–water partition coefficient (Wildman–Crippen LogP) is 5.40. The molecule has 0 atom stereocenters. The quantitative estimate of drug-likeness (QED) is 0.362. The van der Waals surface area contributed by atoms with Gasteiger partial charge in [-0.05, 0) is 56.3 Å². The maximum absolute atomic E-state index is 14.2. The Balaban J connectivity index is 1.54. The summed E-state index contributed by atoms with van der Waals surface area (Å²) in [6.45, 7) is 3.75. The summed E-state index contributed by atoms with van der Waals surface area (Å²) in [7, 11) is 0. The molecule has 0 saturated heterocycles. The SMILES string of the molecule is Cc1cc(/C=N/NC(=O)c2cc3cc(Cl)ccc3o2)c(C)n1-c1ccccc1F. The number of halogens is 2. The first-order chi connectivity index (χ1) is 13.9. The third-order valence-electron chi connectivity index (χ3n) is 4.64. The molecule has 0 unspecified atom stereocenters. The molecular formula is C22H17ClFN3O2. The topological polar surface area (TPSA) is 59.5 Å². The predicted molar refractivity (Wildman–Crippen MR) is 111 cm³/mol. The second-order valence-electron chi connectivity index (χ2n) is 6.61. The summed E-state index contributed by atoms with van der Waals surface area (Å²) in [5.74, 6) is -0.649. The molecular weight excluding hydrogens is 393 g/mol. The molecule has 29 heavy (non-hydrogen) atoms. The van der Waals surface area contributed by atoms with Crippen molar-refractivity contribution in [2.75, 3.05) is 0 Å². The minimum atomic E-state index is -0.475. The van der Waals surface area contributed by atoms with E-state index in [1.165, 1.54) is 12.3 Å². The van der Waals surface area contributed by atoms with E-state index in [4.69, 9.17) is 16.0 Å². The summed E-state index contributed by atoms with van der Waals surface area (Å²) in [5.41, 5.74) is 5.91. The van der Waals surface area contributed by atoms with Gasteiger partial charge in [-0.15, -0.1) is 0 Å². The van der Waals surface area contributed by atoms with Gasteiger partial charge in [-0.25, -0.2) is 9.82 Å². The van der Waals surface area contributed by atoms with E-state index >= 15 is 0 Å². The standard InChI is InChI=1S/C22H17ClFN3O2/c1-13-9-16(14(2)27(13)19-6-4-3-5-18(19)24)12-25-26-22(28)21-11-15-10-17(23)7-8-20(15)29-21/h3-12H,1-2H3,(H,26,28)/b25-12+. The lowest BCUT2D eigenvalue weighted by atomic mass is 10.2. The molecule has 1 amide bonds. The van der Waals surface area contributed by atoms with Crippen molar-refractivity contribution < 1.29 is 13.6 Å². The number of amides is 1. The third-order valence-corrected chi connectivity index (χ3v) is 4.87. The molecule has 0 aliphatic rings. The average Bonchev–Trinajstić information content (AvgIpc) is 3.23. The van der Waals surface area contributed by atoms with Gasteiger partial charge < -0.3 is 8.98 Å². The first kappa shape index (κ1) is 19.0. The molecule has 2 aromatic heterocycles. The fraction of sp³-hybridized carbons (Fsp3) is 0.0909. The van der Waals surface area contributed by atoms with Gasteiger partial charge in [-0.2, -0.15) is 5.10 Å². The summed E-state index contributed by atoms with van der Waals surface area (Å²) in [5, 5.41) is 5.32. The molecule has 0 saturated carbocycles. The maximum atomic E-state index is 14.2. The minimum absolute atomic E-state index is 0.135. The second kappa shape index (κ2) is 7.56. The fourth-order valence-corrected chi connectivity index (χ4v) is 3.44. The molecule has 0 bridgehead atoms. The number of hydrazone groups is 1. The molecule has 0 spiro atoms. The Hall–Kier alpha value is -3.38. The fourth-order valence-electron chi connectivity index (χ4n) is 3.26. The number of aryl methyl sites for hydroxylation is 1. The van der Waals surface area contributed by atoms with Crippen molar-refractivity contribution in [1.82, 2.24) is 9.99 Å². The van der Waals surface area contributed by atoms with Crippen molar-refractivity contribution in [3.05, 3.63) is 88.1 Å². The summed E-state index contributed by atoms with van der Waals surface area (Å²) < 4.78 is 21.5. The summed E-state index contributed by atoms with van der Waals surface area (Å²) in [4.78, 5) is 12.3. The molecule has 4 rings (SSSR count). The number of fused-ring (bicyclic) bond motifs is 1. The normalized spacial score (nSPS) is 11.4. The lowest BCUT2D eigenvalue weighted by molar-refractivity contribution is 0.0929. The first-order valence-corrected chi connectivity index (χ1v) is 9.28. The van der Waals surface area contributed by atoms with Crippen LogP contribution in [0, 0.1) is 19.7 Å². The van der Waals surface area contributed by atoms with Crippen molar-refractivity contribution >= 4 is 34.7 Å². The molecule has 2 heterocycles. The van der Waals surface area contributed by atoms with Crippen molar-refractivity contribution in [3.8, 4) is 5.69 Å². The molecule has 7 heteroatoms. The second-order valence-corrected chi connectivity index (χ2v) is 7.04. The van der Waals surface area contributed by atoms with Crippen LogP contribution in [0.15, 0.2) is 64.1 Å². The first-order valence-electron chi connectivity index (χ1n) is 8.90. The van der Waals surface area contributed by atoms with Gasteiger partial charge in [0, 0.05) is 27.4 Å². The van der Waals surface area contributed by atoms with Crippen molar-refractivity contribution in [3.63, 3.8) is 0 Å². The maximum Gasteiger partial charge on any atom is 0.307 e. The zero-order chi connectivity index (χ0) is 20.5. The number of carbonyl (C=O) groups is 1. The number of aromatic nitrogens is 1. The van der Waals surface area contributed by atoms with Gasteiger partial charge in [0.2, 0.25) is 0 Å². The Morgan fingerprint density at radius 2 is 1.97 bits per heavy atom. The zero-order valence-corrected chi connectivity index (χ0v) is 16.5. The van der Waals surface area contributed by atoms with Gasteiger partial charge in [0.15, 0.2) is 5.76 Å². The highest BCUT2D eigenvalue weighted by molar-refractivity contribution is 6.31. The van der Waals surface area contributed by atoms with Gasteiger partial charge in [0.05, 0.1) is 11.9 Å². The van der Waals surface area contributed by atoms with Gasteiger partial charge in [0.25, 0.3) is 0 Å². The number of nitrogens with one attached hydrogen (secondary N) is 1. The van der Waals surface area contributed by atoms with Crippen LogP contribution < -0.4 is 5.43 Å². The summed E-state index contributed by atoms with van der Waals surface area (Å²) in [6, 6.07) is 15.2. The van der Waals surface area contributed by atoms with E-state index in [0.717, 1.165) is 22.3 Å². The Morgan fingerprint density at radius 3 is 2.76 bits per heavy atom. The van der Waals surface area contributed by atoms with Crippen LogP contribution in [0.3, 0.4) is 0 Å². The van der Waals surface area contributed by atoms with Gasteiger partial charge >= 0.3 is 5.91 Å². The van der Waals surface area contributed by atoms with E-state index in [0.29, 0.717) is 16.3 Å². The van der Waals surface area contributed by atoms with E-state index in [-0.39, 0.29) is 11.6 Å². The Kier molecular flexibility index (Phi) is 4.94. The minimum Gasteiger partial charge on any atom is -0.451 e. The molecule has 0 aliphatic heterocycles. The highest BCUT2D eigenvalue weighted by Gasteiger charge is 2.14. The van der Waals surface area contributed by atoms with Crippen molar-refractivity contribution in [1.29, 1.82) is 0 Å². The van der Waals surface area contributed by atoms with E-state index in [1.54, 1.807) is 42.5 Å². The van der Waals surface area contributed by atoms with Gasteiger partial charge in [0.1, 0.15) is 11.4 Å². The Bertz CT molecular complexity index is 1260. The van der Waals surface area contributed by atoms with Gasteiger partial charge in [-0.3, -0.25) is 4.79 Å². The molecule has 5 nitrogen and oxygen atoms in total. The molecule has 0 radical (unpaired) electrons. The van der Waals surface area contributed by atoms with Crippen LogP contribution in [0.5, 0.6) is 0 Å². The molecule has 2 aromatic carbocycles. The smallest absolute Gasteiger partial charge is 0.307 e. The molecule has 0 fully saturated rings. The lowest BCUT2D eigenvalue weighted by Crippen LogP contribution is -2.16. The Morgan fingerprint density at radius 1 is 1.17 bits per heavy atom. The number of furan rings is 1. The number of benzene rings is 2. The number of rotatable bonds is 4. The Labute approximate surface area is 171 Å². The molecule has 0 aliphatic carbocycles. The van der Waals surface area contributed by atoms with Crippen LogP contribution >= 0.6 is 11.6 Å². The van der Waals surface area contributed by atoms with Crippen molar-refractivity contribution in [2.24, 2.45) is 5.10 Å². The molecule has 1 N–H and O–H groups in total. The van der Waals surface area contributed by atoms with E-state index in [1.807, 2.05) is 24.5 Å². The monoisotopic (exact) mass is 409 g/mol. The largest absolute Gasteiger partial charge is 0.451 e. The average molecular weight is 410 g/mol. The number of nitrogens with zero attached hydrogens (tertiary/aromatic N) is 2. The van der Waals surface area contributed by atoms with Crippen LogP contribution in [0.4, 0.5) is 4.39 Å². The van der Waals surface area contributed by atoms with E-state index < -0.39 is 5.91 Å².